The normalized spacial score (nSPS) is 44.2. The number of hydrogen-bond donors (Lipinski definition) is 2. The van der Waals surface area contributed by atoms with Gasteiger partial charge in [-0.15, -0.1) is 0 Å². The minimum atomic E-state index is -0.0450. The molecule has 0 heterocycles. The van der Waals surface area contributed by atoms with Crippen LogP contribution in [-0.2, 0) is 0 Å². The highest BCUT2D eigenvalue weighted by atomic mass is 16.3. The van der Waals surface area contributed by atoms with Gasteiger partial charge in [-0.2, -0.15) is 0 Å². The summed E-state index contributed by atoms with van der Waals surface area (Å²) in [7, 11) is 0. The average Bonchev–Trinajstić information content (AvgIpc) is 2.42. The van der Waals surface area contributed by atoms with Crippen molar-refractivity contribution in [2.75, 3.05) is 0 Å². The number of aliphatic hydroxyl groups excluding tert-OH is 2. The zero-order chi connectivity index (χ0) is 13.8. The zero-order valence-corrected chi connectivity index (χ0v) is 12.7. The van der Waals surface area contributed by atoms with Crippen molar-refractivity contribution in [3.63, 3.8) is 0 Å². The zero-order valence-electron chi connectivity index (χ0n) is 12.7. The Morgan fingerprint density at radius 3 is 1.47 bits per heavy atom. The van der Waals surface area contributed by atoms with Crippen LogP contribution >= 0.6 is 0 Å². The van der Waals surface area contributed by atoms with E-state index in [9.17, 15) is 10.2 Å². The van der Waals surface area contributed by atoms with Crippen LogP contribution in [0.5, 0.6) is 0 Å². The fourth-order valence-electron chi connectivity index (χ4n) is 4.61. The Kier molecular flexibility index (Phi) is 5.70. The lowest BCUT2D eigenvalue weighted by atomic mass is 9.67. The van der Waals surface area contributed by atoms with Crippen LogP contribution in [-0.4, -0.2) is 22.4 Å². The van der Waals surface area contributed by atoms with Crippen molar-refractivity contribution in [2.45, 2.75) is 83.8 Å². The summed E-state index contributed by atoms with van der Waals surface area (Å²) in [5.74, 6) is 3.10. The van der Waals surface area contributed by atoms with Gasteiger partial charge >= 0.3 is 0 Å². The number of aliphatic hydroxyl groups is 2. The lowest BCUT2D eigenvalue weighted by Gasteiger charge is -2.40. The maximum atomic E-state index is 9.83. The van der Waals surface area contributed by atoms with Crippen LogP contribution in [0.1, 0.15) is 71.6 Å². The predicted molar refractivity (Wildman–Crippen MR) is 78.9 cm³/mol. The van der Waals surface area contributed by atoms with E-state index in [0.717, 1.165) is 49.4 Å². The van der Waals surface area contributed by atoms with Gasteiger partial charge < -0.3 is 10.2 Å². The highest BCUT2D eigenvalue weighted by Crippen LogP contribution is 2.42. The quantitative estimate of drug-likeness (QED) is 0.815. The summed E-state index contributed by atoms with van der Waals surface area (Å²) in [5, 5.41) is 19.7. The molecule has 112 valence electrons. The summed E-state index contributed by atoms with van der Waals surface area (Å²) in [5.41, 5.74) is 0. The first-order chi connectivity index (χ1) is 9.13. The van der Waals surface area contributed by atoms with Crippen molar-refractivity contribution >= 4 is 0 Å². The summed E-state index contributed by atoms with van der Waals surface area (Å²) in [4.78, 5) is 0. The van der Waals surface area contributed by atoms with Crippen molar-refractivity contribution in [1.82, 2.24) is 0 Å². The second kappa shape index (κ2) is 7.08. The van der Waals surface area contributed by atoms with E-state index in [2.05, 4.69) is 13.8 Å². The van der Waals surface area contributed by atoms with Crippen LogP contribution in [0.3, 0.4) is 0 Å². The van der Waals surface area contributed by atoms with Crippen molar-refractivity contribution < 1.29 is 10.2 Å². The fraction of sp³-hybridized carbons (Fsp3) is 1.00. The molecule has 6 unspecified atom stereocenters. The van der Waals surface area contributed by atoms with E-state index in [-0.39, 0.29) is 12.2 Å². The Labute approximate surface area is 118 Å². The lowest BCUT2D eigenvalue weighted by Crippen LogP contribution is -2.33. The SMILES string of the molecule is CCC1CC(O)CCC1CC1CCC(O)CC1CC. The van der Waals surface area contributed by atoms with Gasteiger partial charge in [-0.3, -0.25) is 0 Å². The molecule has 2 fully saturated rings. The standard InChI is InChI=1S/C17H32O2/c1-3-12-10-16(18)7-5-14(12)9-15-6-8-17(19)11-13(15)4-2/h12-19H,3-11H2,1-2H3. The Morgan fingerprint density at radius 2 is 1.11 bits per heavy atom. The molecule has 0 amide bonds. The first kappa shape index (κ1) is 15.3. The van der Waals surface area contributed by atoms with E-state index in [1.54, 1.807) is 0 Å². The molecule has 0 saturated heterocycles. The monoisotopic (exact) mass is 268 g/mol. The maximum Gasteiger partial charge on any atom is 0.0543 e. The second-order valence-corrected chi connectivity index (χ2v) is 7.03. The molecule has 0 aromatic rings. The van der Waals surface area contributed by atoms with E-state index in [4.69, 9.17) is 0 Å². The van der Waals surface area contributed by atoms with Crippen molar-refractivity contribution in [3.05, 3.63) is 0 Å². The van der Waals surface area contributed by atoms with Gasteiger partial charge in [0.2, 0.25) is 0 Å². The molecule has 2 aliphatic rings. The summed E-state index contributed by atoms with van der Waals surface area (Å²) < 4.78 is 0. The first-order valence-corrected chi connectivity index (χ1v) is 8.50. The number of hydrogen-bond acceptors (Lipinski definition) is 2. The van der Waals surface area contributed by atoms with Gasteiger partial charge in [-0.25, -0.2) is 0 Å². The molecule has 2 saturated carbocycles. The molecular formula is C17H32O2. The van der Waals surface area contributed by atoms with E-state index in [1.807, 2.05) is 0 Å². The third-order valence-corrected chi connectivity index (χ3v) is 5.88. The van der Waals surface area contributed by atoms with Gasteiger partial charge in [0.1, 0.15) is 0 Å². The second-order valence-electron chi connectivity index (χ2n) is 7.03. The van der Waals surface area contributed by atoms with Crippen LogP contribution in [0.4, 0.5) is 0 Å². The van der Waals surface area contributed by atoms with Gasteiger partial charge in [-0.1, -0.05) is 26.7 Å². The van der Waals surface area contributed by atoms with Gasteiger partial charge in [0.25, 0.3) is 0 Å². The molecule has 0 bridgehead atoms. The molecule has 0 radical (unpaired) electrons. The number of rotatable bonds is 4. The highest BCUT2D eigenvalue weighted by molar-refractivity contribution is 4.85. The molecule has 2 nitrogen and oxygen atoms in total. The molecule has 19 heavy (non-hydrogen) atoms. The Morgan fingerprint density at radius 1 is 0.684 bits per heavy atom. The summed E-state index contributed by atoms with van der Waals surface area (Å²) in [6, 6.07) is 0. The molecule has 6 atom stereocenters. The largest absolute Gasteiger partial charge is 0.393 e. The highest BCUT2D eigenvalue weighted by Gasteiger charge is 2.34. The minimum Gasteiger partial charge on any atom is -0.393 e. The predicted octanol–water partition coefficient (Wildman–Crippen LogP) is 3.75. The topological polar surface area (TPSA) is 40.5 Å². The molecule has 2 aliphatic carbocycles. The van der Waals surface area contributed by atoms with E-state index in [1.165, 1.54) is 32.1 Å². The first-order valence-electron chi connectivity index (χ1n) is 8.50. The summed E-state index contributed by atoms with van der Waals surface area (Å²) in [6.45, 7) is 4.55. The van der Waals surface area contributed by atoms with Gasteiger partial charge in [0.05, 0.1) is 12.2 Å². The Hall–Kier alpha value is -0.0800. The van der Waals surface area contributed by atoms with Crippen LogP contribution in [0, 0.1) is 23.7 Å². The molecule has 2 heteroatoms. The molecular weight excluding hydrogens is 236 g/mol. The van der Waals surface area contributed by atoms with Crippen molar-refractivity contribution in [1.29, 1.82) is 0 Å². The van der Waals surface area contributed by atoms with Gasteiger partial charge in [0, 0.05) is 0 Å². The Bertz CT molecular complexity index is 240. The van der Waals surface area contributed by atoms with Crippen molar-refractivity contribution in [2.24, 2.45) is 23.7 Å². The molecule has 2 rings (SSSR count). The van der Waals surface area contributed by atoms with Crippen LogP contribution in [0.15, 0.2) is 0 Å². The van der Waals surface area contributed by atoms with E-state index >= 15 is 0 Å². The van der Waals surface area contributed by atoms with E-state index < -0.39 is 0 Å². The summed E-state index contributed by atoms with van der Waals surface area (Å²) in [6.07, 6.45) is 10.2. The smallest absolute Gasteiger partial charge is 0.0543 e. The molecule has 0 aromatic heterocycles. The van der Waals surface area contributed by atoms with Crippen molar-refractivity contribution in [3.8, 4) is 0 Å². The molecule has 0 spiro atoms. The summed E-state index contributed by atoms with van der Waals surface area (Å²) >= 11 is 0. The van der Waals surface area contributed by atoms with Crippen LogP contribution < -0.4 is 0 Å². The van der Waals surface area contributed by atoms with Crippen LogP contribution in [0.2, 0.25) is 0 Å². The van der Waals surface area contributed by atoms with E-state index in [0.29, 0.717) is 0 Å². The lowest BCUT2D eigenvalue weighted by molar-refractivity contribution is 0.0270. The third kappa shape index (κ3) is 3.95. The average molecular weight is 268 g/mol. The molecule has 2 N–H and O–H groups in total. The molecule has 0 aliphatic heterocycles. The fourth-order valence-corrected chi connectivity index (χ4v) is 4.61. The minimum absolute atomic E-state index is 0.0450. The Balaban J connectivity index is 1.91. The maximum absolute atomic E-state index is 9.83. The van der Waals surface area contributed by atoms with Gasteiger partial charge in [-0.05, 0) is 68.6 Å². The molecule has 0 aromatic carbocycles. The van der Waals surface area contributed by atoms with Gasteiger partial charge in [0.15, 0.2) is 0 Å². The van der Waals surface area contributed by atoms with Crippen LogP contribution in [0.25, 0.3) is 0 Å². The third-order valence-electron chi connectivity index (χ3n) is 5.88.